The quantitative estimate of drug-likeness (QED) is 0.717. The predicted molar refractivity (Wildman–Crippen MR) is 77.2 cm³/mol. The summed E-state index contributed by atoms with van der Waals surface area (Å²) in [6.07, 6.45) is 1.13. The Balaban J connectivity index is 1.82. The number of ketones is 2. The van der Waals surface area contributed by atoms with Gasteiger partial charge in [-0.15, -0.1) is 0 Å². The van der Waals surface area contributed by atoms with Crippen molar-refractivity contribution in [3.63, 3.8) is 0 Å². The van der Waals surface area contributed by atoms with Gasteiger partial charge in [0.2, 0.25) is 0 Å². The fraction of sp³-hybridized carbons (Fsp3) is 0.500. The van der Waals surface area contributed by atoms with E-state index in [4.69, 9.17) is 0 Å². The zero-order valence-electron chi connectivity index (χ0n) is 11.7. The first-order chi connectivity index (χ1) is 9.72. The van der Waals surface area contributed by atoms with Gasteiger partial charge in [0.1, 0.15) is 0 Å². The highest BCUT2D eigenvalue weighted by Crippen LogP contribution is 2.12. The van der Waals surface area contributed by atoms with Crippen molar-refractivity contribution >= 4 is 11.6 Å². The largest absolute Gasteiger partial charge is 0.300 e. The Morgan fingerprint density at radius 2 is 0.950 bits per heavy atom. The molecule has 1 saturated heterocycles. The second-order valence-electron chi connectivity index (χ2n) is 5.61. The fourth-order valence-corrected chi connectivity index (χ4v) is 2.89. The second-order valence-corrected chi connectivity index (χ2v) is 5.61. The summed E-state index contributed by atoms with van der Waals surface area (Å²) >= 11 is 0. The molecule has 0 unspecified atom stereocenters. The molecule has 4 heteroatoms. The lowest BCUT2D eigenvalue weighted by molar-refractivity contribution is 0.0882. The molecular weight excluding hydrogens is 252 g/mol. The van der Waals surface area contributed by atoms with Crippen molar-refractivity contribution in [2.24, 2.45) is 0 Å². The summed E-state index contributed by atoms with van der Waals surface area (Å²) in [6.45, 7) is 5.68. The molecule has 5 aliphatic rings. The molecule has 0 radical (unpaired) electrons. The van der Waals surface area contributed by atoms with Crippen LogP contribution >= 0.6 is 0 Å². The summed E-state index contributed by atoms with van der Waals surface area (Å²) in [4.78, 5) is 28.9. The molecule has 5 aliphatic heterocycles. The Morgan fingerprint density at radius 3 is 1.30 bits per heavy atom. The molecule has 0 N–H and O–H groups in total. The molecule has 0 spiro atoms. The van der Waals surface area contributed by atoms with Gasteiger partial charge >= 0.3 is 0 Å². The Bertz CT molecular complexity index is 455. The van der Waals surface area contributed by atoms with Gasteiger partial charge in [0.25, 0.3) is 0 Å². The van der Waals surface area contributed by atoms with Crippen LogP contribution in [0.3, 0.4) is 0 Å². The predicted octanol–water partition coefficient (Wildman–Crippen LogP) is 1.46. The van der Waals surface area contributed by atoms with Crippen molar-refractivity contribution in [3.05, 3.63) is 35.4 Å². The standard InChI is InChI=1S/C16H20N2O2/c19-15-5-7-17-9-11-18(12-10-17)8-6-16(20)14-2-1-13(15)3-4-14/h1-4H,5-12H2. The summed E-state index contributed by atoms with van der Waals surface area (Å²) in [5, 5.41) is 0. The lowest BCUT2D eigenvalue weighted by atomic mass is 10.0. The van der Waals surface area contributed by atoms with E-state index >= 15 is 0 Å². The van der Waals surface area contributed by atoms with Crippen LogP contribution in [0.4, 0.5) is 0 Å². The summed E-state index contributed by atoms with van der Waals surface area (Å²) in [7, 11) is 0. The minimum absolute atomic E-state index is 0.170. The highest BCUT2D eigenvalue weighted by atomic mass is 16.1. The van der Waals surface area contributed by atoms with Gasteiger partial charge in [0.05, 0.1) is 0 Å². The van der Waals surface area contributed by atoms with E-state index in [0.29, 0.717) is 12.8 Å². The van der Waals surface area contributed by atoms with Crippen LogP contribution in [0, 0.1) is 0 Å². The molecule has 4 nitrogen and oxygen atoms in total. The molecular formula is C16H20N2O2. The number of rotatable bonds is 0. The zero-order valence-corrected chi connectivity index (χ0v) is 11.7. The summed E-state index contributed by atoms with van der Waals surface area (Å²) in [6, 6.07) is 7.15. The van der Waals surface area contributed by atoms with E-state index in [1.165, 1.54) is 0 Å². The third-order valence-corrected chi connectivity index (χ3v) is 4.30. The maximum absolute atomic E-state index is 12.1. The molecule has 0 atom stereocenters. The first-order valence-electron chi connectivity index (χ1n) is 7.33. The maximum atomic E-state index is 12.1. The molecule has 1 aromatic rings. The smallest absolute Gasteiger partial charge is 0.164 e. The van der Waals surface area contributed by atoms with Gasteiger partial charge in [-0.2, -0.15) is 0 Å². The lowest BCUT2D eigenvalue weighted by Gasteiger charge is -2.34. The van der Waals surface area contributed by atoms with Gasteiger partial charge in [-0.1, -0.05) is 24.3 Å². The number of piperazine rings is 1. The minimum atomic E-state index is 0.170. The van der Waals surface area contributed by atoms with Crippen molar-refractivity contribution in [3.8, 4) is 0 Å². The highest BCUT2D eigenvalue weighted by molar-refractivity contribution is 5.99. The van der Waals surface area contributed by atoms with Crippen LogP contribution in [0.2, 0.25) is 0 Å². The van der Waals surface area contributed by atoms with Crippen LogP contribution < -0.4 is 0 Å². The molecule has 0 saturated carbocycles. The van der Waals surface area contributed by atoms with Crippen LogP contribution in [0.15, 0.2) is 24.3 Å². The Morgan fingerprint density at radius 1 is 0.600 bits per heavy atom. The van der Waals surface area contributed by atoms with Crippen molar-refractivity contribution < 1.29 is 9.59 Å². The SMILES string of the molecule is O=C1CCN2CCN(CCC(=O)c3ccc1cc3)CC2. The summed E-state index contributed by atoms with van der Waals surface area (Å²) < 4.78 is 0. The average molecular weight is 272 g/mol. The van der Waals surface area contributed by atoms with E-state index in [9.17, 15) is 9.59 Å². The van der Waals surface area contributed by atoms with Crippen LogP contribution in [-0.2, 0) is 0 Å². The molecule has 1 fully saturated rings. The lowest BCUT2D eigenvalue weighted by Crippen LogP contribution is -2.47. The van der Waals surface area contributed by atoms with Crippen molar-refractivity contribution in [2.45, 2.75) is 12.8 Å². The average Bonchev–Trinajstić information content (AvgIpc) is 2.51. The van der Waals surface area contributed by atoms with Crippen LogP contribution in [0.25, 0.3) is 0 Å². The van der Waals surface area contributed by atoms with E-state index in [1.807, 2.05) is 0 Å². The maximum Gasteiger partial charge on any atom is 0.164 e. The molecule has 0 aromatic heterocycles. The van der Waals surface area contributed by atoms with Crippen LogP contribution in [0.1, 0.15) is 33.6 Å². The molecule has 4 bridgehead atoms. The van der Waals surface area contributed by atoms with Crippen molar-refractivity contribution in [2.75, 3.05) is 39.3 Å². The number of nitrogens with zero attached hydrogens (tertiary/aromatic N) is 2. The molecule has 0 aliphatic carbocycles. The fourth-order valence-electron chi connectivity index (χ4n) is 2.89. The highest BCUT2D eigenvalue weighted by Gasteiger charge is 2.19. The van der Waals surface area contributed by atoms with Gasteiger partial charge < -0.3 is 9.80 Å². The number of carbonyl (C=O) groups is 2. The molecule has 1 aromatic carbocycles. The van der Waals surface area contributed by atoms with E-state index in [-0.39, 0.29) is 11.6 Å². The molecule has 0 amide bonds. The Kier molecular flexibility index (Phi) is 3.94. The Hall–Kier alpha value is -1.52. The molecule has 6 rings (SSSR count). The van der Waals surface area contributed by atoms with Crippen LogP contribution in [-0.4, -0.2) is 60.6 Å². The van der Waals surface area contributed by atoms with Gasteiger partial charge in [-0.25, -0.2) is 0 Å². The monoisotopic (exact) mass is 272 g/mol. The third-order valence-electron chi connectivity index (χ3n) is 4.30. The van der Waals surface area contributed by atoms with Crippen molar-refractivity contribution in [1.29, 1.82) is 0 Å². The van der Waals surface area contributed by atoms with Gasteiger partial charge in [0, 0.05) is 63.2 Å². The zero-order chi connectivity index (χ0) is 13.9. The van der Waals surface area contributed by atoms with E-state index < -0.39 is 0 Å². The van der Waals surface area contributed by atoms with Crippen molar-refractivity contribution in [1.82, 2.24) is 9.80 Å². The van der Waals surface area contributed by atoms with E-state index in [2.05, 4.69) is 9.80 Å². The van der Waals surface area contributed by atoms with Gasteiger partial charge in [0.15, 0.2) is 11.6 Å². The first-order valence-corrected chi connectivity index (χ1v) is 7.33. The number of hydrogen-bond donors (Lipinski definition) is 0. The van der Waals surface area contributed by atoms with Gasteiger partial charge in [-0.05, 0) is 0 Å². The number of benzene rings is 1. The minimum Gasteiger partial charge on any atom is -0.300 e. The van der Waals surface area contributed by atoms with Gasteiger partial charge in [-0.3, -0.25) is 9.59 Å². The Labute approximate surface area is 119 Å². The summed E-state index contributed by atoms with van der Waals surface area (Å²) in [5.74, 6) is 0.340. The topological polar surface area (TPSA) is 40.6 Å². The third kappa shape index (κ3) is 2.97. The van der Waals surface area contributed by atoms with E-state index in [1.54, 1.807) is 24.3 Å². The first kappa shape index (κ1) is 13.5. The molecule has 5 heterocycles. The second kappa shape index (κ2) is 5.85. The molecule has 20 heavy (non-hydrogen) atoms. The number of hydrogen-bond acceptors (Lipinski definition) is 4. The number of carbonyl (C=O) groups excluding carboxylic acids is 2. The normalized spacial score (nSPS) is 27.6. The number of Topliss-reactive ketones (excluding diaryl/α,β-unsaturated/α-hetero) is 2. The summed E-state index contributed by atoms with van der Waals surface area (Å²) in [5.41, 5.74) is 1.44. The van der Waals surface area contributed by atoms with E-state index in [0.717, 1.165) is 50.4 Å². The van der Waals surface area contributed by atoms with Crippen LogP contribution in [0.5, 0.6) is 0 Å². The molecule has 106 valence electrons.